The van der Waals surface area contributed by atoms with Crippen LogP contribution >= 0.6 is 0 Å². The minimum Gasteiger partial charge on any atom is -0.457 e. The van der Waals surface area contributed by atoms with Crippen molar-refractivity contribution in [1.29, 1.82) is 0 Å². The fourth-order valence-corrected chi connectivity index (χ4v) is 3.37. The molecular weight excluding hydrogens is 426 g/mol. The highest BCUT2D eigenvalue weighted by Crippen LogP contribution is 2.26. The van der Waals surface area contributed by atoms with E-state index in [1.54, 1.807) is 59.5 Å². The van der Waals surface area contributed by atoms with Gasteiger partial charge in [-0.05, 0) is 24.3 Å². The number of rotatable bonds is 6. The Kier molecular flexibility index (Phi) is 6.61. The molecule has 1 aromatic heterocycles. The normalized spacial score (nSPS) is 14.1. The van der Waals surface area contributed by atoms with Crippen LogP contribution in [0.3, 0.4) is 0 Å². The number of ether oxygens (including phenoxy) is 1. The lowest BCUT2D eigenvalue weighted by Crippen LogP contribution is -2.44. The third kappa shape index (κ3) is 5.34. The van der Waals surface area contributed by atoms with E-state index in [2.05, 4.69) is 5.32 Å². The second-order valence-corrected chi connectivity index (χ2v) is 7.29. The SMILES string of the molecule is O=C(N/C(=C\c1ccc(-c2cccc([N+](=O)[O-])c2)o1)C(=O)N1CCOCC1)c1ccccc1. The van der Waals surface area contributed by atoms with Gasteiger partial charge in [0.25, 0.3) is 17.5 Å². The molecule has 33 heavy (non-hydrogen) atoms. The molecule has 1 aliphatic rings. The first kappa shape index (κ1) is 22.0. The molecule has 1 fully saturated rings. The molecule has 2 amide bonds. The Morgan fingerprint density at radius 2 is 1.76 bits per heavy atom. The van der Waals surface area contributed by atoms with E-state index in [4.69, 9.17) is 9.15 Å². The molecule has 168 valence electrons. The van der Waals surface area contributed by atoms with Crippen LogP contribution in [0.5, 0.6) is 0 Å². The predicted molar refractivity (Wildman–Crippen MR) is 120 cm³/mol. The van der Waals surface area contributed by atoms with Crippen molar-refractivity contribution in [2.24, 2.45) is 0 Å². The lowest BCUT2D eigenvalue weighted by atomic mass is 10.1. The van der Waals surface area contributed by atoms with Gasteiger partial charge in [-0.25, -0.2) is 0 Å². The van der Waals surface area contributed by atoms with E-state index in [-0.39, 0.29) is 17.3 Å². The number of nitrogens with one attached hydrogen (secondary N) is 1. The van der Waals surface area contributed by atoms with Crippen LogP contribution in [0.4, 0.5) is 5.69 Å². The zero-order chi connectivity index (χ0) is 23.2. The van der Waals surface area contributed by atoms with Gasteiger partial charge in [0, 0.05) is 42.4 Å². The van der Waals surface area contributed by atoms with Crippen molar-refractivity contribution in [2.45, 2.75) is 0 Å². The molecule has 0 unspecified atom stereocenters. The maximum atomic E-state index is 13.1. The lowest BCUT2D eigenvalue weighted by molar-refractivity contribution is -0.384. The summed E-state index contributed by atoms with van der Waals surface area (Å²) in [5.41, 5.74) is 0.943. The summed E-state index contributed by atoms with van der Waals surface area (Å²) in [5, 5.41) is 13.7. The van der Waals surface area contributed by atoms with Gasteiger partial charge in [-0.3, -0.25) is 19.7 Å². The van der Waals surface area contributed by atoms with Gasteiger partial charge in [0.05, 0.1) is 18.1 Å². The van der Waals surface area contributed by atoms with E-state index in [1.165, 1.54) is 18.2 Å². The number of amides is 2. The summed E-state index contributed by atoms with van der Waals surface area (Å²) in [6, 6.07) is 17.9. The maximum absolute atomic E-state index is 13.1. The van der Waals surface area contributed by atoms with Crippen molar-refractivity contribution in [3.8, 4) is 11.3 Å². The first-order valence-electron chi connectivity index (χ1n) is 10.3. The molecule has 0 saturated carbocycles. The van der Waals surface area contributed by atoms with Crippen LogP contribution in [0.15, 0.2) is 76.8 Å². The molecule has 1 saturated heterocycles. The maximum Gasteiger partial charge on any atom is 0.270 e. The largest absolute Gasteiger partial charge is 0.457 e. The van der Waals surface area contributed by atoms with Crippen LogP contribution in [-0.4, -0.2) is 47.9 Å². The Bertz CT molecular complexity index is 1200. The number of nitro benzene ring substituents is 1. The summed E-state index contributed by atoms with van der Waals surface area (Å²) < 4.78 is 11.1. The minimum absolute atomic E-state index is 0.0562. The smallest absolute Gasteiger partial charge is 0.270 e. The molecule has 2 heterocycles. The summed E-state index contributed by atoms with van der Waals surface area (Å²) in [6.07, 6.45) is 1.46. The number of nitrogens with zero attached hydrogens (tertiary/aromatic N) is 2. The quantitative estimate of drug-likeness (QED) is 0.351. The van der Waals surface area contributed by atoms with E-state index in [0.717, 1.165) is 0 Å². The summed E-state index contributed by atoms with van der Waals surface area (Å²) in [4.78, 5) is 38.0. The van der Waals surface area contributed by atoms with Crippen molar-refractivity contribution >= 4 is 23.6 Å². The average Bonchev–Trinajstić information content (AvgIpc) is 3.33. The van der Waals surface area contributed by atoms with Gasteiger partial charge in [0.15, 0.2) is 0 Å². The molecule has 0 bridgehead atoms. The standard InChI is InChI=1S/C24H21N3O6/c28-23(17-5-2-1-3-6-17)25-21(24(29)26-11-13-32-14-12-26)16-20-9-10-22(33-20)18-7-4-8-19(15-18)27(30)31/h1-10,15-16H,11-14H2,(H,25,28)/b21-16-. The molecule has 1 N–H and O–H groups in total. The van der Waals surface area contributed by atoms with Crippen LogP contribution in [0, 0.1) is 10.1 Å². The summed E-state index contributed by atoms with van der Waals surface area (Å²) in [6.45, 7) is 1.66. The molecule has 1 aliphatic heterocycles. The highest BCUT2D eigenvalue weighted by molar-refractivity contribution is 6.05. The third-order valence-electron chi connectivity index (χ3n) is 5.07. The number of nitro groups is 1. The van der Waals surface area contributed by atoms with E-state index >= 15 is 0 Å². The lowest BCUT2D eigenvalue weighted by Gasteiger charge is -2.27. The van der Waals surface area contributed by atoms with Crippen molar-refractivity contribution in [3.63, 3.8) is 0 Å². The second kappa shape index (κ2) is 9.92. The van der Waals surface area contributed by atoms with Crippen molar-refractivity contribution in [3.05, 3.63) is 93.9 Å². The summed E-state index contributed by atoms with van der Waals surface area (Å²) in [7, 11) is 0. The van der Waals surface area contributed by atoms with Gasteiger partial charge in [-0.2, -0.15) is 0 Å². The van der Waals surface area contributed by atoms with E-state index in [9.17, 15) is 19.7 Å². The first-order valence-corrected chi connectivity index (χ1v) is 10.3. The average molecular weight is 447 g/mol. The number of non-ortho nitro benzene ring substituents is 1. The molecule has 9 nitrogen and oxygen atoms in total. The van der Waals surface area contributed by atoms with Gasteiger partial charge >= 0.3 is 0 Å². The fourth-order valence-electron chi connectivity index (χ4n) is 3.37. The Morgan fingerprint density at radius 3 is 2.48 bits per heavy atom. The monoisotopic (exact) mass is 447 g/mol. The first-order chi connectivity index (χ1) is 16.0. The van der Waals surface area contributed by atoms with Crippen molar-refractivity contribution < 1.29 is 23.7 Å². The Labute approximate surface area is 189 Å². The fraction of sp³-hybridized carbons (Fsp3) is 0.167. The number of furan rings is 1. The number of benzene rings is 2. The summed E-state index contributed by atoms with van der Waals surface area (Å²) >= 11 is 0. The highest BCUT2D eigenvalue weighted by atomic mass is 16.6. The van der Waals surface area contributed by atoms with Crippen LogP contribution in [-0.2, 0) is 9.53 Å². The Morgan fingerprint density at radius 1 is 1.00 bits per heavy atom. The molecule has 4 rings (SSSR count). The summed E-state index contributed by atoms with van der Waals surface area (Å²) in [5.74, 6) is -0.0520. The number of carbonyl (C=O) groups excluding carboxylic acids is 2. The second-order valence-electron chi connectivity index (χ2n) is 7.29. The van der Waals surface area contributed by atoms with E-state index < -0.39 is 10.8 Å². The van der Waals surface area contributed by atoms with Crippen LogP contribution < -0.4 is 5.32 Å². The molecular formula is C24H21N3O6. The van der Waals surface area contributed by atoms with Gasteiger partial charge in [0.2, 0.25) is 0 Å². The van der Waals surface area contributed by atoms with Crippen molar-refractivity contribution in [1.82, 2.24) is 10.2 Å². The molecule has 0 spiro atoms. The zero-order valence-corrected chi connectivity index (χ0v) is 17.6. The third-order valence-corrected chi connectivity index (χ3v) is 5.07. The molecule has 2 aromatic carbocycles. The van der Waals surface area contributed by atoms with Gasteiger partial charge < -0.3 is 19.4 Å². The number of morpholine rings is 1. The molecule has 0 aliphatic carbocycles. The Hall–Kier alpha value is -4.24. The minimum atomic E-state index is -0.481. The number of hydrogen-bond donors (Lipinski definition) is 1. The van der Waals surface area contributed by atoms with Gasteiger partial charge in [0.1, 0.15) is 17.2 Å². The van der Waals surface area contributed by atoms with Gasteiger partial charge in [-0.1, -0.05) is 30.3 Å². The van der Waals surface area contributed by atoms with Crippen molar-refractivity contribution in [2.75, 3.05) is 26.3 Å². The molecule has 9 heteroatoms. The topological polar surface area (TPSA) is 115 Å². The van der Waals surface area contributed by atoms with Crippen LogP contribution in [0.1, 0.15) is 16.1 Å². The number of hydrogen-bond acceptors (Lipinski definition) is 6. The molecule has 0 radical (unpaired) electrons. The van der Waals surface area contributed by atoms with Crippen LogP contribution in [0.25, 0.3) is 17.4 Å². The molecule has 0 atom stereocenters. The van der Waals surface area contributed by atoms with Gasteiger partial charge in [-0.15, -0.1) is 0 Å². The zero-order valence-electron chi connectivity index (χ0n) is 17.6. The predicted octanol–water partition coefficient (Wildman–Crippen LogP) is 3.48. The van der Waals surface area contributed by atoms with E-state index in [1.807, 2.05) is 0 Å². The Balaban J connectivity index is 1.63. The van der Waals surface area contributed by atoms with Crippen LogP contribution in [0.2, 0.25) is 0 Å². The highest BCUT2D eigenvalue weighted by Gasteiger charge is 2.23. The molecule has 3 aromatic rings. The number of carbonyl (C=O) groups is 2. The van der Waals surface area contributed by atoms with E-state index in [0.29, 0.717) is 49.0 Å².